The Balaban J connectivity index is 3.42. The smallest absolute Gasteiger partial charge is 0.202 e. The van der Waals surface area contributed by atoms with E-state index in [-0.39, 0.29) is 0 Å². The lowest BCUT2D eigenvalue weighted by Gasteiger charge is -2.13. The average Bonchev–Trinajstić information content (AvgIpc) is 1.82. The molecule has 4 heteroatoms. The van der Waals surface area contributed by atoms with E-state index in [4.69, 9.17) is 0 Å². The van der Waals surface area contributed by atoms with E-state index in [2.05, 4.69) is 29.3 Å². The number of hydrogen-bond donors (Lipinski definition) is 2. The predicted molar refractivity (Wildman–Crippen MR) is 48.4 cm³/mol. The van der Waals surface area contributed by atoms with Gasteiger partial charge in [0.15, 0.2) is 0 Å². The fourth-order valence-corrected chi connectivity index (χ4v) is 4.95. The zero-order chi connectivity index (χ0) is 7.28. The summed E-state index contributed by atoms with van der Waals surface area (Å²) in [6.07, 6.45) is 0. The van der Waals surface area contributed by atoms with Gasteiger partial charge in [-0.15, -0.1) is 6.58 Å². The molecule has 0 aliphatic rings. The van der Waals surface area contributed by atoms with Gasteiger partial charge in [0.2, 0.25) is 9.12 Å². The van der Waals surface area contributed by atoms with Crippen LogP contribution in [-0.4, -0.2) is 25.1 Å². The molecule has 1 unspecified atom stereocenters. The molecular formula is C5H16N2Si2. The van der Waals surface area contributed by atoms with Crippen molar-refractivity contribution in [2.24, 2.45) is 0 Å². The monoisotopic (exact) mass is 160 g/mol. The fourth-order valence-electron chi connectivity index (χ4n) is 0.628. The third-order valence-electron chi connectivity index (χ3n) is 1.06. The molecule has 0 aromatic rings. The van der Waals surface area contributed by atoms with Crippen LogP contribution >= 0.6 is 0 Å². The molecule has 0 aliphatic heterocycles. The van der Waals surface area contributed by atoms with Crippen molar-refractivity contribution in [1.82, 2.24) is 9.63 Å². The second kappa shape index (κ2) is 4.93. The Kier molecular flexibility index (Phi) is 4.98. The van der Waals surface area contributed by atoms with Gasteiger partial charge in [0.25, 0.3) is 0 Å². The highest BCUT2D eigenvalue weighted by atomic mass is 28.4. The van der Waals surface area contributed by atoms with Crippen molar-refractivity contribution in [2.45, 2.75) is 13.1 Å². The number of nitrogens with one attached hydrogen (secondary N) is 2. The van der Waals surface area contributed by atoms with Crippen molar-refractivity contribution in [3.05, 3.63) is 12.3 Å². The van der Waals surface area contributed by atoms with Gasteiger partial charge in [-0.05, 0) is 7.05 Å². The van der Waals surface area contributed by atoms with Gasteiger partial charge in [0.05, 0.1) is 8.96 Å². The molecule has 0 spiro atoms. The zero-order valence-corrected chi connectivity index (χ0v) is 8.75. The molecule has 0 heterocycles. The highest BCUT2D eigenvalue weighted by molar-refractivity contribution is 6.73. The van der Waals surface area contributed by atoms with Crippen molar-refractivity contribution in [2.75, 3.05) is 7.05 Å². The molecular weight excluding hydrogens is 144 g/mol. The van der Waals surface area contributed by atoms with Gasteiger partial charge in [-0.3, -0.25) is 0 Å². The molecule has 0 amide bonds. The Hall–Kier alpha value is 0.0938. The molecule has 2 N–H and O–H groups in total. The van der Waals surface area contributed by atoms with E-state index in [0.29, 0.717) is 0 Å². The third-order valence-corrected chi connectivity index (χ3v) is 6.26. The minimum absolute atomic E-state index is 0.586. The van der Waals surface area contributed by atoms with E-state index >= 15 is 0 Å². The fraction of sp³-hybridized carbons (Fsp3) is 0.600. The second-order valence-electron chi connectivity index (χ2n) is 2.32. The lowest BCUT2D eigenvalue weighted by atomic mass is 11.3. The molecule has 0 rings (SSSR count). The topological polar surface area (TPSA) is 24.1 Å². The van der Waals surface area contributed by atoms with Gasteiger partial charge in [0, 0.05) is 0 Å². The van der Waals surface area contributed by atoms with Crippen LogP contribution in [0.4, 0.5) is 0 Å². The maximum absolute atomic E-state index is 3.74. The van der Waals surface area contributed by atoms with Crippen LogP contribution in [0.2, 0.25) is 13.1 Å². The van der Waals surface area contributed by atoms with E-state index < -0.39 is 18.1 Å². The van der Waals surface area contributed by atoms with Gasteiger partial charge in [-0.25, -0.2) is 0 Å². The van der Waals surface area contributed by atoms with Crippen molar-refractivity contribution >= 4 is 18.1 Å². The number of rotatable bonds is 4. The van der Waals surface area contributed by atoms with Crippen molar-refractivity contribution in [3.8, 4) is 0 Å². The molecule has 0 radical (unpaired) electrons. The van der Waals surface area contributed by atoms with Crippen LogP contribution in [0.1, 0.15) is 0 Å². The molecule has 0 saturated carbocycles. The minimum Gasteiger partial charge on any atom is -0.349 e. The third kappa shape index (κ3) is 4.59. The second-order valence-corrected chi connectivity index (χ2v) is 7.97. The van der Waals surface area contributed by atoms with E-state index in [1.165, 1.54) is 0 Å². The lowest BCUT2D eigenvalue weighted by molar-refractivity contribution is 1.17. The quantitative estimate of drug-likeness (QED) is 0.553. The summed E-state index contributed by atoms with van der Waals surface area (Å²) in [6.45, 7) is 8.30. The Morgan fingerprint density at radius 2 is 2.00 bits per heavy atom. The molecule has 0 aromatic carbocycles. The molecule has 54 valence electrons. The van der Waals surface area contributed by atoms with E-state index in [9.17, 15) is 0 Å². The highest BCUT2D eigenvalue weighted by Crippen LogP contribution is 1.75. The summed E-state index contributed by atoms with van der Waals surface area (Å²) in [5, 5.41) is 0. The van der Waals surface area contributed by atoms with Gasteiger partial charge in [-0.1, -0.05) is 18.8 Å². The van der Waals surface area contributed by atoms with Crippen LogP contribution in [0.15, 0.2) is 12.3 Å². The van der Waals surface area contributed by atoms with Crippen LogP contribution in [-0.2, 0) is 0 Å². The average molecular weight is 160 g/mol. The first-order valence-electron chi connectivity index (χ1n) is 3.26. The van der Waals surface area contributed by atoms with Crippen molar-refractivity contribution in [1.29, 1.82) is 0 Å². The summed E-state index contributed by atoms with van der Waals surface area (Å²) in [7, 11) is 0.478. The Morgan fingerprint density at radius 3 is 2.11 bits per heavy atom. The van der Waals surface area contributed by atoms with E-state index in [1.54, 1.807) is 0 Å². The molecule has 0 aliphatic carbocycles. The Morgan fingerprint density at radius 1 is 1.44 bits per heavy atom. The van der Waals surface area contributed by atoms with Crippen LogP contribution in [0.3, 0.4) is 0 Å². The molecule has 2 nitrogen and oxygen atoms in total. The summed E-state index contributed by atoms with van der Waals surface area (Å²) in [5.41, 5.74) is 2.02. The highest BCUT2D eigenvalue weighted by Gasteiger charge is 2.03. The largest absolute Gasteiger partial charge is 0.349 e. The van der Waals surface area contributed by atoms with Crippen LogP contribution in [0, 0.1) is 0 Å². The van der Waals surface area contributed by atoms with Gasteiger partial charge in [0.1, 0.15) is 0 Å². The normalized spacial score (nSPS) is 13.8. The standard InChI is InChI=1S/C5H16N2Si2/c1-5-9(6-2)7-8(3)4/h5-9H,1H2,2-4H3. The maximum atomic E-state index is 3.74. The molecule has 0 saturated heterocycles. The van der Waals surface area contributed by atoms with E-state index in [1.807, 2.05) is 12.7 Å². The number of hydrogen-bond acceptors (Lipinski definition) is 2. The van der Waals surface area contributed by atoms with Gasteiger partial charge >= 0.3 is 0 Å². The van der Waals surface area contributed by atoms with E-state index in [0.717, 1.165) is 0 Å². The van der Waals surface area contributed by atoms with Crippen molar-refractivity contribution < 1.29 is 0 Å². The summed E-state index contributed by atoms with van der Waals surface area (Å²) in [6, 6.07) is 0. The minimum atomic E-state index is -0.924. The summed E-state index contributed by atoms with van der Waals surface area (Å²) >= 11 is 0. The summed E-state index contributed by atoms with van der Waals surface area (Å²) in [4.78, 5) is 3.23. The summed E-state index contributed by atoms with van der Waals surface area (Å²) in [5.74, 6) is 0. The molecule has 0 fully saturated rings. The molecule has 1 atom stereocenters. The zero-order valence-electron chi connectivity index (χ0n) is 6.44. The SMILES string of the molecule is C=C[SiH](NC)N[SiH](C)C. The first-order chi connectivity index (χ1) is 4.20. The first-order valence-corrected chi connectivity index (χ1v) is 7.97. The van der Waals surface area contributed by atoms with Gasteiger partial charge in [-0.2, -0.15) is 0 Å². The Bertz CT molecular complexity index is 85.0. The van der Waals surface area contributed by atoms with Crippen LogP contribution < -0.4 is 9.63 Å². The molecule has 0 bridgehead atoms. The molecule has 9 heavy (non-hydrogen) atoms. The van der Waals surface area contributed by atoms with Gasteiger partial charge < -0.3 is 9.63 Å². The first kappa shape index (κ1) is 9.09. The predicted octanol–water partition coefficient (Wildman–Crippen LogP) is -0.276. The van der Waals surface area contributed by atoms with Crippen LogP contribution in [0.5, 0.6) is 0 Å². The maximum Gasteiger partial charge on any atom is 0.202 e. The van der Waals surface area contributed by atoms with Crippen molar-refractivity contribution in [3.63, 3.8) is 0 Å². The Labute approximate surface area is 60.8 Å². The van der Waals surface area contributed by atoms with Crippen LogP contribution in [0.25, 0.3) is 0 Å². The lowest BCUT2D eigenvalue weighted by Crippen LogP contribution is -2.49. The molecule has 0 aromatic heterocycles. The summed E-state index contributed by atoms with van der Waals surface area (Å²) < 4.78 is 3.53.